The number of likely N-dealkylation sites (N-methyl/N-ethyl adjacent to an activating group) is 2. The van der Waals surface area contributed by atoms with E-state index in [1.54, 1.807) is 0 Å². The molecule has 0 bridgehead atoms. The summed E-state index contributed by atoms with van der Waals surface area (Å²) in [6.45, 7) is 9.49. The summed E-state index contributed by atoms with van der Waals surface area (Å²) in [6.07, 6.45) is 2.77. The fourth-order valence-electron chi connectivity index (χ4n) is 1.94. The van der Waals surface area contributed by atoms with E-state index in [1.807, 2.05) is 0 Å². The van der Waals surface area contributed by atoms with Crippen molar-refractivity contribution < 1.29 is 0 Å². The topological polar surface area (TPSA) is 6.48 Å². The average Bonchev–Trinajstić information content (AvgIpc) is 2.17. The standard InChI is InChI=1S/C10H22N2/c1-4-11(3)10-7-6-8-12(5-2)9-10/h10H,4-9H2,1-3H3. The third-order valence-electron chi connectivity index (χ3n) is 3.05. The van der Waals surface area contributed by atoms with Gasteiger partial charge in [-0.15, -0.1) is 0 Å². The van der Waals surface area contributed by atoms with Crippen LogP contribution in [-0.4, -0.2) is 49.1 Å². The van der Waals surface area contributed by atoms with Crippen molar-refractivity contribution in [1.29, 1.82) is 0 Å². The highest BCUT2D eigenvalue weighted by atomic mass is 15.2. The van der Waals surface area contributed by atoms with E-state index in [9.17, 15) is 0 Å². The van der Waals surface area contributed by atoms with Gasteiger partial charge in [0.25, 0.3) is 0 Å². The van der Waals surface area contributed by atoms with Gasteiger partial charge in [0.2, 0.25) is 0 Å². The molecule has 1 aliphatic rings. The number of likely N-dealkylation sites (tertiary alicyclic amines) is 1. The second-order valence-corrected chi connectivity index (χ2v) is 3.76. The maximum atomic E-state index is 2.56. The van der Waals surface area contributed by atoms with Crippen LogP contribution in [0.2, 0.25) is 0 Å². The summed E-state index contributed by atoms with van der Waals surface area (Å²) >= 11 is 0. The second kappa shape index (κ2) is 4.83. The molecule has 0 spiro atoms. The Hall–Kier alpha value is -0.0800. The highest BCUT2D eigenvalue weighted by molar-refractivity contribution is 4.77. The predicted molar refractivity (Wildman–Crippen MR) is 53.4 cm³/mol. The van der Waals surface area contributed by atoms with Crippen LogP contribution in [0.4, 0.5) is 0 Å². The van der Waals surface area contributed by atoms with Crippen molar-refractivity contribution in [2.45, 2.75) is 32.7 Å². The zero-order chi connectivity index (χ0) is 8.97. The van der Waals surface area contributed by atoms with Gasteiger partial charge in [-0.1, -0.05) is 13.8 Å². The highest BCUT2D eigenvalue weighted by Crippen LogP contribution is 2.13. The molecule has 1 heterocycles. The first kappa shape index (κ1) is 10.0. The number of rotatable bonds is 3. The van der Waals surface area contributed by atoms with Crippen LogP contribution in [0.15, 0.2) is 0 Å². The lowest BCUT2D eigenvalue weighted by molar-refractivity contribution is 0.124. The number of hydrogen-bond donors (Lipinski definition) is 0. The molecule has 12 heavy (non-hydrogen) atoms. The first-order valence-corrected chi connectivity index (χ1v) is 5.20. The van der Waals surface area contributed by atoms with Gasteiger partial charge >= 0.3 is 0 Å². The Balaban J connectivity index is 2.34. The molecule has 0 aliphatic carbocycles. The third kappa shape index (κ3) is 2.46. The molecule has 0 saturated carbocycles. The molecule has 0 aromatic heterocycles. The minimum absolute atomic E-state index is 0.809. The largest absolute Gasteiger partial charge is 0.302 e. The minimum Gasteiger partial charge on any atom is -0.302 e. The Bertz CT molecular complexity index is 123. The zero-order valence-corrected chi connectivity index (χ0v) is 8.71. The molecule has 1 rings (SSSR count). The lowest BCUT2D eigenvalue weighted by Crippen LogP contribution is -2.46. The molecule has 2 heteroatoms. The molecular weight excluding hydrogens is 148 g/mol. The van der Waals surface area contributed by atoms with Crippen LogP contribution < -0.4 is 0 Å². The van der Waals surface area contributed by atoms with E-state index < -0.39 is 0 Å². The predicted octanol–water partition coefficient (Wildman–Crippen LogP) is 1.42. The summed E-state index contributed by atoms with van der Waals surface area (Å²) in [4.78, 5) is 5.03. The molecule has 0 aromatic rings. The maximum Gasteiger partial charge on any atom is 0.0220 e. The van der Waals surface area contributed by atoms with Gasteiger partial charge in [-0.2, -0.15) is 0 Å². The van der Waals surface area contributed by atoms with E-state index in [2.05, 4.69) is 30.7 Å². The summed E-state index contributed by atoms with van der Waals surface area (Å²) < 4.78 is 0. The Morgan fingerprint density at radius 1 is 1.42 bits per heavy atom. The van der Waals surface area contributed by atoms with Crippen LogP contribution in [0.5, 0.6) is 0 Å². The average molecular weight is 170 g/mol. The van der Waals surface area contributed by atoms with Gasteiger partial charge in [0.05, 0.1) is 0 Å². The van der Waals surface area contributed by atoms with E-state index in [0.29, 0.717) is 0 Å². The fraction of sp³-hybridized carbons (Fsp3) is 1.00. The van der Waals surface area contributed by atoms with Gasteiger partial charge < -0.3 is 9.80 Å². The quantitative estimate of drug-likeness (QED) is 0.632. The molecule has 2 nitrogen and oxygen atoms in total. The van der Waals surface area contributed by atoms with Crippen molar-refractivity contribution in [2.75, 3.05) is 33.2 Å². The van der Waals surface area contributed by atoms with Gasteiger partial charge in [-0.25, -0.2) is 0 Å². The van der Waals surface area contributed by atoms with Gasteiger partial charge in [-0.05, 0) is 39.5 Å². The molecule has 0 radical (unpaired) electrons. The highest BCUT2D eigenvalue weighted by Gasteiger charge is 2.20. The molecule has 0 N–H and O–H groups in total. The van der Waals surface area contributed by atoms with Crippen LogP contribution in [0.1, 0.15) is 26.7 Å². The maximum absolute atomic E-state index is 2.56. The van der Waals surface area contributed by atoms with Crippen molar-refractivity contribution >= 4 is 0 Å². The fourth-order valence-corrected chi connectivity index (χ4v) is 1.94. The summed E-state index contributed by atoms with van der Waals surface area (Å²) in [5, 5.41) is 0. The van der Waals surface area contributed by atoms with Gasteiger partial charge in [0.15, 0.2) is 0 Å². The molecular formula is C10H22N2. The lowest BCUT2D eigenvalue weighted by Gasteiger charge is -2.36. The Labute approximate surface area is 76.5 Å². The van der Waals surface area contributed by atoms with E-state index in [0.717, 1.165) is 6.04 Å². The molecule has 72 valence electrons. The van der Waals surface area contributed by atoms with Crippen molar-refractivity contribution in [2.24, 2.45) is 0 Å². The van der Waals surface area contributed by atoms with Crippen molar-refractivity contribution in [3.8, 4) is 0 Å². The molecule has 1 aliphatic heterocycles. The molecule has 1 saturated heterocycles. The van der Waals surface area contributed by atoms with Crippen LogP contribution in [0.3, 0.4) is 0 Å². The first-order chi connectivity index (χ1) is 5.77. The number of hydrogen-bond acceptors (Lipinski definition) is 2. The number of piperidine rings is 1. The number of nitrogens with zero attached hydrogens (tertiary/aromatic N) is 2. The Morgan fingerprint density at radius 3 is 2.75 bits per heavy atom. The van der Waals surface area contributed by atoms with Crippen molar-refractivity contribution in [3.63, 3.8) is 0 Å². The van der Waals surface area contributed by atoms with E-state index in [1.165, 1.54) is 39.0 Å². The zero-order valence-electron chi connectivity index (χ0n) is 8.71. The van der Waals surface area contributed by atoms with Gasteiger partial charge in [0.1, 0.15) is 0 Å². The molecule has 1 fully saturated rings. The molecule has 1 unspecified atom stereocenters. The van der Waals surface area contributed by atoms with Crippen LogP contribution in [0, 0.1) is 0 Å². The van der Waals surface area contributed by atoms with Crippen LogP contribution >= 0.6 is 0 Å². The van der Waals surface area contributed by atoms with Crippen molar-refractivity contribution in [1.82, 2.24) is 9.80 Å². The lowest BCUT2D eigenvalue weighted by atomic mass is 10.0. The van der Waals surface area contributed by atoms with Gasteiger partial charge in [-0.3, -0.25) is 0 Å². The summed E-state index contributed by atoms with van der Waals surface area (Å²) in [5.41, 5.74) is 0. The second-order valence-electron chi connectivity index (χ2n) is 3.76. The summed E-state index contributed by atoms with van der Waals surface area (Å²) in [5.74, 6) is 0. The summed E-state index contributed by atoms with van der Waals surface area (Å²) in [7, 11) is 2.24. The minimum atomic E-state index is 0.809. The van der Waals surface area contributed by atoms with E-state index in [-0.39, 0.29) is 0 Å². The first-order valence-electron chi connectivity index (χ1n) is 5.20. The van der Waals surface area contributed by atoms with Gasteiger partial charge in [0, 0.05) is 12.6 Å². The molecule has 0 aromatic carbocycles. The monoisotopic (exact) mass is 170 g/mol. The Morgan fingerprint density at radius 2 is 2.17 bits per heavy atom. The normalized spacial score (nSPS) is 26.5. The van der Waals surface area contributed by atoms with Crippen LogP contribution in [0.25, 0.3) is 0 Å². The smallest absolute Gasteiger partial charge is 0.0220 e. The third-order valence-corrected chi connectivity index (χ3v) is 3.05. The van der Waals surface area contributed by atoms with E-state index in [4.69, 9.17) is 0 Å². The SMILES string of the molecule is CCN1CCCC(N(C)CC)C1. The molecule has 1 atom stereocenters. The van der Waals surface area contributed by atoms with Crippen molar-refractivity contribution in [3.05, 3.63) is 0 Å². The summed E-state index contributed by atoms with van der Waals surface area (Å²) in [6, 6.07) is 0.809. The Kier molecular flexibility index (Phi) is 4.02. The van der Waals surface area contributed by atoms with E-state index >= 15 is 0 Å². The molecule has 0 amide bonds. The van der Waals surface area contributed by atoms with Crippen LogP contribution in [-0.2, 0) is 0 Å².